The number of thioether (sulfide) groups is 1. The van der Waals surface area contributed by atoms with E-state index >= 15 is 0 Å². The predicted octanol–water partition coefficient (Wildman–Crippen LogP) is 7.87. The molecule has 5 aromatic carbocycles. The third-order valence-corrected chi connectivity index (χ3v) is 9.95. The van der Waals surface area contributed by atoms with Crippen LogP contribution >= 0.6 is 11.8 Å². The van der Waals surface area contributed by atoms with Gasteiger partial charge in [0.1, 0.15) is 29.7 Å². The van der Waals surface area contributed by atoms with E-state index in [0.717, 1.165) is 63.3 Å². The monoisotopic (exact) mass is 640 g/mol. The number of fused-ring (bicyclic) bond motifs is 1. The second-order valence-electron chi connectivity index (χ2n) is 12.1. The van der Waals surface area contributed by atoms with E-state index in [0.29, 0.717) is 13.0 Å². The summed E-state index contributed by atoms with van der Waals surface area (Å²) in [6, 6.07) is 43.6. The van der Waals surface area contributed by atoms with Crippen LogP contribution in [0.3, 0.4) is 0 Å². The molecule has 1 fully saturated rings. The van der Waals surface area contributed by atoms with Crippen LogP contribution in [0.1, 0.15) is 27.8 Å². The van der Waals surface area contributed by atoms with Crippen molar-refractivity contribution in [2.45, 2.75) is 30.2 Å². The van der Waals surface area contributed by atoms with Gasteiger partial charge >= 0.3 is 0 Å². The molecule has 2 atom stereocenters. The van der Waals surface area contributed by atoms with Crippen LogP contribution < -0.4 is 14.4 Å². The van der Waals surface area contributed by atoms with E-state index in [2.05, 4.69) is 37.1 Å². The summed E-state index contributed by atoms with van der Waals surface area (Å²) in [5.74, 6) is 1.40. The van der Waals surface area contributed by atoms with Crippen molar-refractivity contribution in [3.63, 3.8) is 0 Å². The summed E-state index contributed by atoms with van der Waals surface area (Å²) in [7, 11) is 2.07. The zero-order valence-electron chi connectivity index (χ0n) is 26.4. The maximum Gasteiger partial charge on any atom is 0.290 e. The molecule has 7 rings (SSSR count). The van der Waals surface area contributed by atoms with E-state index in [1.807, 2.05) is 115 Å². The fourth-order valence-electron chi connectivity index (χ4n) is 6.68. The summed E-state index contributed by atoms with van der Waals surface area (Å²) in [4.78, 5) is 32.1. The first-order valence-corrected chi connectivity index (χ1v) is 16.7. The molecule has 0 N–H and O–H groups in total. The van der Waals surface area contributed by atoms with Gasteiger partial charge in [0.05, 0.1) is 17.5 Å². The molecule has 0 aliphatic carbocycles. The molecule has 5 aromatic rings. The van der Waals surface area contributed by atoms with Crippen molar-refractivity contribution in [3.8, 4) is 11.5 Å². The minimum absolute atomic E-state index is 0.0995. The van der Waals surface area contributed by atoms with Gasteiger partial charge in [0.2, 0.25) is 5.91 Å². The van der Waals surface area contributed by atoms with Gasteiger partial charge in [0.15, 0.2) is 0 Å². The normalized spacial score (nSPS) is 17.7. The Kier molecular flexibility index (Phi) is 8.48. The van der Waals surface area contributed by atoms with Gasteiger partial charge in [0, 0.05) is 7.05 Å². The van der Waals surface area contributed by atoms with Crippen molar-refractivity contribution >= 4 is 28.6 Å². The number of aryl methyl sites for hydroxylation is 1. The molecule has 2 aliphatic rings. The van der Waals surface area contributed by atoms with Gasteiger partial charge in [0.25, 0.3) is 5.24 Å². The molecule has 2 heterocycles. The SMILES string of the molecule is Cc1ccc2c(c1)OC(COc1ccc(CC3SC(=O)N(C(c4ccccc4)(c4ccccc4)c4ccccc4)C3=O)cc1)CN2C. The van der Waals surface area contributed by atoms with Gasteiger partial charge in [-0.05, 0) is 65.4 Å². The van der Waals surface area contributed by atoms with Crippen molar-refractivity contribution in [2.24, 2.45) is 0 Å². The van der Waals surface area contributed by atoms with Crippen LogP contribution in [0.5, 0.6) is 11.5 Å². The highest BCUT2D eigenvalue weighted by molar-refractivity contribution is 8.15. The first-order chi connectivity index (χ1) is 22.9. The second-order valence-corrected chi connectivity index (χ2v) is 13.3. The van der Waals surface area contributed by atoms with E-state index < -0.39 is 10.8 Å². The number of hydrogen-bond acceptors (Lipinski definition) is 6. The van der Waals surface area contributed by atoms with Crippen LogP contribution in [0.4, 0.5) is 10.5 Å². The number of likely N-dealkylation sites (N-methyl/N-ethyl adjacent to an activating group) is 1. The lowest BCUT2D eigenvalue weighted by atomic mass is 9.75. The highest BCUT2D eigenvalue weighted by atomic mass is 32.2. The average molecular weight is 641 g/mol. The topological polar surface area (TPSA) is 59.1 Å². The van der Waals surface area contributed by atoms with Crippen molar-refractivity contribution in [1.29, 1.82) is 0 Å². The Morgan fingerprint density at radius 3 is 1.94 bits per heavy atom. The number of benzene rings is 5. The first-order valence-electron chi connectivity index (χ1n) is 15.8. The number of carbonyl (C=O) groups is 2. The Balaban J connectivity index is 1.10. The zero-order chi connectivity index (χ0) is 32.4. The van der Waals surface area contributed by atoms with Crippen molar-refractivity contribution in [1.82, 2.24) is 4.90 Å². The lowest BCUT2D eigenvalue weighted by Crippen LogP contribution is -2.51. The highest BCUT2D eigenvalue weighted by Crippen LogP contribution is 2.48. The smallest absolute Gasteiger partial charge is 0.290 e. The van der Waals surface area contributed by atoms with Gasteiger partial charge in [-0.3, -0.25) is 14.5 Å². The van der Waals surface area contributed by atoms with Crippen molar-refractivity contribution in [2.75, 3.05) is 25.1 Å². The van der Waals surface area contributed by atoms with Gasteiger partial charge < -0.3 is 14.4 Å². The number of amides is 2. The van der Waals surface area contributed by atoms with Crippen LogP contribution in [0, 0.1) is 6.92 Å². The molecule has 0 bridgehead atoms. The average Bonchev–Trinajstić information content (AvgIpc) is 3.38. The van der Waals surface area contributed by atoms with E-state index in [-0.39, 0.29) is 17.3 Å². The van der Waals surface area contributed by atoms with E-state index in [9.17, 15) is 9.59 Å². The minimum Gasteiger partial charge on any atom is -0.490 e. The van der Waals surface area contributed by atoms with Gasteiger partial charge in [-0.25, -0.2) is 0 Å². The van der Waals surface area contributed by atoms with E-state index in [4.69, 9.17) is 9.47 Å². The molecule has 2 amide bonds. The molecule has 0 spiro atoms. The predicted molar refractivity (Wildman–Crippen MR) is 187 cm³/mol. The lowest BCUT2D eigenvalue weighted by Gasteiger charge is -2.42. The molecule has 2 aliphatic heterocycles. The van der Waals surface area contributed by atoms with Crippen LogP contribution in [0.2, 0.25) is 0 Å². The Morgan fingerprint density at radius 2 is 1.36 bits per heavy atom. The molecule has 7 heteroatoms. The molecule has 1 saturated heterocycles. The van der Waals surface area contributed by atoms with Crippen LogP contribution in [-0.2, 0) is 16.8 Å². The molecule has 0 saturated carbocycles. The quantitative estimate of drug-likeness (QED) is 0.153. The number of nitrogens with zero attached hydrogens (tertiary/aromatic N) is 2. The third kappa shape index (κ3) is 5.87. The first kappa shape index (κ1) is 30.6. The largest absolute Gasteiger partial charge is 0.490 e. The van der Waals surface area contributed by atoms with Gasteiger partial charge in [-0.15, -0.1) is 0 Å². The molecule has 0 radical (unpaired) electrons. The van der Waals surface area contributed by atoms with Crippen LogP contribution in [0.25, 0.3) is 0 Å². The summed E-state index contributed by atoms with van der Waals surface area (Å²) in [5.41, 5.74) is 4.65. The van der Waals surface area contributed by atoms with E-state index in [1.165, 1.54) is 4.90 Å². The van der Waals surface area contributed by atoms with Gasteiger partial charge in [-0.1, -0.05) is 121 Å². The summed E-state index contributed by atoms with van der Waals surface area (Å²) >= 11 is 1.10. The number of imide groups is 1. The number of carbonyl (C=O) groups excluding carboxylic acids is 2. The summed E-state index contributed by atoms with van der Waals surface area (Å²) in [5, 5.41) is -0.815. The van der Waals surface area contributed by atoms with Crippen LogP contribution in [-0.4, -0.2) is 47.6 Å². The number of anilines is 1. The fraction of sp³-hybridized carbons (Fsp3) is 0.200. The minimum atomic E-state index is -1.12. The molecule has 236 valence electrons. The molecule has 6 nitrogen and oxygen atoms in total. The molecule has 47 heavy (non-hydrogen) atoms. The zero-order valence-corrected chi connectivity index (χ0v) is 27.2. The number of hydrogen-bond donors (Lipinski definition) is 0. The lowest BCUT2D eigenvalue weighted by molar-refractivity contribution is -0.129. The standard InChI is InChI=1S/C40H36N2O4S/c1-28-18-23-35-36(24-28)46-34(26-41(35)2)27-45-33-21-19-29(20-22-33)25-37-38(43)42(39(44)47-37)40(30-12-6-3-7-13-30,31-14-8-4-9-15-31)32-16-10-5-11-17-32/h3-24,34,37H,25-27H2,1-2H3. The molecule has 2 unspecified atom stereocenters. The maximum absolute atomic E-state index is 14.4. The fourth-order valence-corrected chi connectivity index (χ4v) is 7.74. The number of rotatable bonds is 9. The third-order valence-electron chi connectivity index (χ3n) is 8.91. The van der Waals surface area contributed by atoms with Crippen LogP contribution in [0.15, 0.2) is 133 Å². The number of ether oxygens (including phenoxy) is 2. The summed E-state index contributed by atoms with van der Waals surface area (Å²) < 4.78 is 12.4. The van der Waals surface area contributed by atoms with Gasteiger partial charge in [-0.2, -0.15) is 0 Å². The maximum atomic E-state index is 14.4. The summed E-state index contributed by atoms with van der Waals surface area (Å²) in [6.45, 7) is 3.21. The highest BCUT2D eigenvalue weighted by Gasteiger charge is 2.53. The molecular formula is C40H36N2O4S. The molecular weight excluding hydrogens is 605 g/mol. The van der Waals surface area contributed by atoms with Crippen molar-refractivity contribution < 1.29 is 19.1 Å². The second kappa shape index (κ2) is 13.0. The Morgan fingerprint density at radius 1 is 0.787 bits per heavy atom. The Labute approximate surface area is 279 Å². The molecule has 0 aromatic heterocycles. The Hall–Kier alpha value is -5.01. The summed E-state index contributed by atoms with van der Waals surface area (Å²) in [6.07, 6.45) is 0.324. The van der Waals surface area contributed by atoms with Crippen molar-refractivity contribution in [3.05, 3.63) is 161 Å². The Bertz CT molecular complexity index is 1770. The van der Waals surface area contributed by atoms with E-state index in [1.54, 1.807) is 0 Å².